The van der Waals surface area contributed by atoms with Crippen LogP contribution in [0.2, 0.25) is 0 Å². The number of carbonyl (C=O) groups is 2. The van der Waals surface area contributed by atoms with E-state index in [2.05, 4.69) is 13.8 Å². The third kappa shape index (κ3) is 2.00. The normalized spacial score (nSPS) is 49.9. The average molecular weight is 328 g/mol. The summed E-state index contributed by atoms with van der Waals surface area (Å²) in [4.78, 5) is 24.0. The third-order valence-electron chi connectivity index (χ3n) is 8.07. The fraction of sp³-hybridized carbons (Fsp3) is 0.714. The number of rotatable bonds is 1. The van der Waals surface area contributed by atoms with Crippen molar-refractivity contribution in [1.29, 1.82) is 0 Å². The van der Waals surface area contributed by atoms with Crippen molar-refractivity contribution in [1.82, 2.24) is 0 Å². The number of carbonyl (C=O) groups excluding carboxylic acids is 2. The summed E-state index contributed by atoms with van der Waals surface area (Å²) in [6.45, 7) is 6.26. The van der Waals surface area contributed by atoms with Gasteiger partial charge >= 0.3 is 0 Å². The van der Waals surface area contributed by atoms with E-state index in [1.165, 1.54) is 0 Å². The molecule has 24 heavy (non-hydrogen) atoms. The molecule has 4 rings (SSSR count). The van der Waals surface area contributed by atoms with Crippen molar-refractivity contribution >= 4 is 11.6 Å². The van der Waals surface area contributed by atoms with Crippen LogP contribution in [-0.2, 0) is 9.59 Å². The van der Waals surface area contributed by atoms with Crippen molar-refractivity contribution in [2.24, 2.45) is 34.5 Å². The fourth-order valence-corrected chi connectivity index (χ4v) is 6.91. The molecular formula is C21H28O3. The van der Waals surface area contributed by atoms with E-state index in [9.17, 15) is 14.7 Å². The Balaban J connectivity index is 1.72. The number of Topliss-reactive ketones (excluding diaryl/α,β-unsaturated/α-hetero) is 1. The summed E-state index contributed by atoms with van der Waals surface area (Å²) in [5.74, 6) is 1.96. The first-order valence-corrected chi connectivity index (χ1v) is 9.41. The average Bonchev–Trinajstić information content (AvgIpc) is 2.87. The molecule has 7 atom stereocenters. The van der Waals surface area contributed by atoms with Crippen LogP contribution in [0.25, 0.3) is 0 Å². The van der Waals surface area contributed by atoms with E-state index in [0.717, 1.165) is 37.7 Å². The van der Waals surface area contributed by atoms with Gasteiger partial charge in [0.15, 0.2) is 5.78 Å². The van der Waals surface area contributed by atoms with Gasteiger partial charge in [-0.2, -0.15) is 0 Å². The minimum Gasteiger partial charge on any atom is -0.389 e. The van der Waals surface area contributed by atoms with Gasteiger partial charge in [0.05, 0.1) is 6.10 Å². The van der Waals surface area contributed by atoms with Crippen LogP contribution in [-0.4, -0.2) is 22.8 Å². The van der Waals surface area contributed by atoms with Gasteiger partial charge in [0.25, 0.3) is 0 Å². The molecule has 0 radical (unpaired) electrons. The monoisotopic (exact) mass is 328 g/mol. The molecule has 0 unspecified atom stereocenters. The second-order valence-corrected chi connectivity index (χ2v) is 9.03. The van der Waals surface area contributed by atoms with Crippen molar-refractivity contribution in [3.05, 3.63) is 23.8 Å². The second kappa shape index (κ2) is 5.14. The molecule has 1 N–H and O–H groups in total. The van der Waals surface area contributed by atoms with Crippen LogP contribution in [0.5, 0.6) is 0 Å². The quantitative estimate of drug-likeness (QED) is 0.802. The predicted octanol–water partition coefficient (Wildman–Crippen LogP) is 3.47. The van der Waals surface area contributed by atoms with Crippen molar-refractivity contribution in [3.63, 3.8) is 0 Å². The van der Waals surface area contributed by atoms with Crippen molar-refractivity contribution < 1.29 is 14.7 Å². The summed E-state index contributed by atoms with van der Waals surface area (Å²) >= 11 is 0. The van der Waals surface area contributed by atoms with Crippen LogP contribution in [0.1, 0.15) is 52.9 Å². The second-order valence-electron chi connectivity index (χ2n) is 9.03. The zero-order valence-electron chi connectivity index (χ0n) is 14.9. The van der Waals surface area contributed by atoms with E-state index >= 15 is 0 Å². The summed E-state index contributed by atoms with van der Waals surface area (Å²) in [6, 6.07) is 0. The molecule has 3 saturated carbocycles. The molecule has 0 heterocycles. The molecule has 0 bridgehead atoms. The van der Waals surface area contributed by atoms with Crippen LogP contribution >= 0.6 is 0 Å². The molecule has 0 amide bonds. The van der Waals surface area contributed by atoms with E-state index in [0.29, 0.717) is 23.5 Å². The van der Waals surface area contributed by atoms with E-state index in [-0.39, 0.29) is 22.5 Å². The molecule has 0 aromatic heterocycles. The summed E-state index contributed by atoms with van der Waals surface area (Å²) in [7, 11) is 0. The standard InChI is InChI=1S/C21H28O3/c1-12(22)15-4-5-16-14-11-19(24)18-10-13(23)6-8-21(18,3)17(14)7-9-20(15,16)2/h6,8,10,14-17,19,24H,4-5,7,9,11H2,1-3H3/t14-,15+,16-,17-,19+,20+,21+/m0/s1. The smallest absolute Gasteiger partial charge is 0.178 e. The van der Waals surface area contributed by atoms with Crippen molar-refractivity contribution in [3.8, 4) is 0 Å². The number of fused-ring (bicyclic) bond motifs is 5. The minimum absolute atomic E-state index is 0.00173. The molecule has 0 spiro atoms. The Hall–Kier alpha value is -1.22. The lowest BCUT2D eigenvalue weighted by Gasteiger charge is -2.57. The van der Waals surface area contributed by atoms with Gasteiger partial charge in [0.2, 0.25) is 0 Å². The first kappa shape index (κ1) is 16.3. The number of aliphatic hydroxyl groups is 1. The Kier molecular flexibility index (Phi) is 3.48. The Morgan fingerprint density at radius 3 is 2.67 bits per heavy atom. The minimum atomic E-state index is -0.524. The molecule has 0 aromatic rings. The lowest BCUT2D eigenvalue weighted by molar-refractivity contribution is -0.128. The van der Waals surface area contributed by atoms with Crippen LogP contribution in [0.3, 0.4) is 0 Å². The molecule has 0 aromatic carbocycles. The van der Waals surface area contributed by atoms with Crippen molar-refractivity contribution in [2.45, 2.75) is 59.0 Å². The SMILES string of the molecule is CC(=O)[C@H]1CC[C@H]2[C@@H]3C[C@@H](O)C4=CC(=O)C=C[C@]4(C)[C@H]3CC[C@]12C. The number of ketones is 2. The lowest BCUT2D eigenvalue weighted by Crippen LogP contribution is -2.53. The highest BCUT2D eigenvalue weighted by Crippen LogP contribution is 2.65. The van der Waals surface area contributed by atoms with Crippen LogP contribution in [0.15, 0.2) is 23.8 Å². The molecule has 4 aliphatic rings. The summed E-state index contributed by atoms with van der Waals surface area (Å²) in [5, 5.41) is 10.8. The van der Waals surface area contributed by atoms with Gasteiger partial charge in [-0.25, -0.2) is 0 Å². The van der Waals surface area contributed by atoms with Crippen LogP contribution < -0.4 is 0 Å². The lowest BCUT2D eigenvalue weighted by atomic mass is 9.47. The molecule has 4 aliphatic carbocycles. The van der Waals surface area contributed by atoms with E-state index in [4.69, 9.17) is 0 Å². The van der Waals surface area contributed by atoms with Gasteiger partial charge in [-0.1, -0.05) is 19.9 Å². The molecule has 0 saturated heterocycles. The van der Waals surface area contributed by atoms with Gasteiger partial charge < -0.3 is 5.11 Å². The maximum atomic E-state index is 12.2. The number of hydrogen-bond acceptors (Lipinski definition) is 3. The maximum absolute atomic E-state index is 12.2. The zero-order valence-corrected chi connectivity index (χ0v) is 14.9. The van der Waals surface area contributed by atoms with E-state index in [1.54, 1.807) is 19.1 Å². The van der Waals surface area contributed by atoms with Gasteiger partial charge in [-0.15, -0.1) is 0 Å². The first-order chi connectivity index (χ1) is 11.3. The first-order valence-electron chi connectivity index (χ1n) is 9.41. The summed E-state index contributed by atoms with van der Waals surface area (Å²) in [5.41, 5.74) is 0.811. The summed E-state index contributed by atoms with van der Waals surface area (Å²) in [6.07, 6.45) is 9.90. The zero-order chi connectivity index (χ0) is 17.3. The Morgan fingerprint density at radius 2 is 1.96 bits per heavy atom. The molecule has 3 heteroatoms. The highest BCUT2D eigenvalue weighted by Gasteiger charge is 2.60. The molecular weight excluding hydrogens is 300 g/mol. The maximum Gasteiger partial charge on any atom is 0.178 e. The number of hydrogen-bond donors (Lipinski definition) is 1. The van der Waals surface area contributed by atoms with Gasteiger partial charge in [0.1, 0.15) is 5.78 Å². The summed E-state index contributed by atoms with van der Waals surface area (Å²) < 4.78 is 0. The van der Waals surface area contributed by atoms with E-state index < -0.39 is 6.10 Å². The number of allylic oxidation sites excluding steroid dienone is 3. The van der Waals surface area contributed by atoms with Crippen LogP contribution in [0.4, 0.5) is 0 Å². The third-order valence-corrected chi connectivity index (χ3v) is 8.07. The van der Waals surface area contributed by atoms with E-state index in [1.807, 2.05) is 6.08 Å². The van der Waals surface area contributed by atoms with Gasteiger partial charge in [-0.3, -0.25) is 9.59 Å². The van der Waals surface area contributed by atoms with Gasteiger partial charge in [0, 0.05) is 11.3 Å². The molecule has 3 fully saturated rings. The van der Waals surface area contributed by atoms with Gasteiger partial charge in [-0.05, 0) is 79.9 Å². The fourth-order valence-electron chi connectivity index (χ4n) is 6.91. The molecule has 130 valence electrons. The topological polar surface area (TPSA) is 54.4 Å². The Morgan fingerprint density at radius 1 is 1.21 bits per heavy atom. The highest BCUT2D eigenvalue weighted by atomic mass is 16.3. The number of aliphatic hydroxyl groups excluding tert-OH is 1. The predicted molar refractivity (Wildman–Crippen MR) is 92.2 cm³/mol. The molecule has 3 nitrogen and oxygen atoms in total. The van der Waals surface area contributed by atoms with Crippen molar-refractivity contribution in [2.75, 3.05) is 0 Å². The van der Waals surface area contributed by atoms with Crippen LogP contribution in [0, 0.1) is 34.5 Å². The largest absolute Gasteiger partial charge is 0.389 e. The molecule has 0 aliphatic heterocycles. The Bertz CT molecular complexity index is 660. The highest BCUT2D eigenvalue weighted by molar-refractivity contribution is 6.01. The Labute approximate surface area is 144 Å².